The van der Waals surface area contributed by atoms with Crippen molar-refractivity contribution in [3.05, 3.63) is 12.7 Å². The van der Waals surface area contributed by atoms with Gasteiger partial charge in [0.15, 0.2) is 0 Å². The molecule has 1 rings (SSSR count). The molecule has 1 saturated heterocycles. The molecule has 1 atom stereocenters. The Labute approximate surface area is 77.1 Å². The zero-order valence-electron chi connectivity index (χ0n) is 7.02. The third-order valence-corrected chi connectivity index (χ3v) is 2.97. The van der Waals surface area contributed by atoms with Crippen molar-refractivity contribution in [1.29, 1.82) is 0 Å². The molecule has 1 aliphatic rings. The molecule has 0 aromatic heterocycles. The maximum Gasteiger partial charge on any atom is 0.0616 e. The Hall–Kier alpha value is -0.480. The van der Waals surface area contributed by atoms with Gasteiger partial charge in [0.05, 0.1) is 12.3 Å². The van der Waals surface area contributed by atoms with Crippen molar-refractivity contribution in [3.63, 3.8) is 0 Å². The molecular formula is C8H14N2OS. The lowest BCUT2D eigenvalue weighted by atomic mass is 10.3. The van der Waals surface area contributed by atoms with Gasteiger partial charge in [-0.15, -0.1) is 23.5 Å². The first-order valence-corrected chi connectivity index (χ1v) is 5.14. The van der Waals surface area contributed by atoms with Crippen LogP contribution in [0.1, 0.15) is 6.42 Å². The summed E-state index contributed by atoms with van der Waals surface area (Å²) >= 11 is 1.87. The van der Waals surface area contributed by atoms with E-state index in [0.717, 1.165) is 24.6 Å². The molecule has 0 saturated carbocycles. The van der Waals surface area contributed by atoms with E-state index in [9.17, 15) is 0 Å². The summed E-state index contributed by atoms with van der Waals surface area (Å²) in [5, 5.41) is 11.5. The lowest BCUT2D eigenvalue weighted by Crippen LogP contribution is -2.32. The first-order valence-electron chi connectivity index (χ1n) is 3.98. The van der Waals surface area contributed by atoms with Crippen molar-refractivity contribution >= 4 is 18.0 Å². The Bertz CT molecular complexity index is 172. The van der Waals surface area contributed by atoms with Crippen LogP contribution < -0.4 is 0 Å². The van der Waals surface area contributed by atoms with Gasteiger partial charge in [-0.05, 0) is 6.42 Å². The highest BCUT2D eigenvalue weighted by atomic mass is 32.2. The predicted octanol–water partition coefficient (Wildman–Crippen LogP) is 1.40. The van der Waals surface area contributed by atoms with Gasteiger partial charge in [0.1, 0.15) is 0 Å². The average molecular weight is 186 g/mol. The number of nitrogens with zero attached hydrogens (tertiary/aromatic N) is 2. The molecule has 0 bridgehead atoms. The standard InChI is InChI=1S/C8H14N2OS/c1-2-3-4-10-7-12-6-8(10)5-9-11/h2,5,8,11H,1,3-4,6-7H2/b9-5+/t8-/m1/s1. The van der Waals surface area contributed by atoms with E-state index in [4.69, 9.17) is 5.21 Å². The average Bonchev–Trinajstić information content (AvgIpc) is 2.50. The SMILES string of the molecule is C=CCCN1CSC[C@H]1/C=N/O. The molecule has 4 heteroatoms. The van der Waals surface area contributed by atoms with Crippen LogP contribution in [-0.2, 0) is 0 Å². The molecule has 1 heterocycles. The molecular weight excluding hydrogens is 172 g/mol. The van der Waals surface area contributed by atoms with Gasteiger partial charge < -0.3 is 5.21 Å². The highest BCUT2D eigenvalue weighted by molar-refractivity contribution is 7.99. The smallest absolute Gasteiger partial charge is 0.0616 e. The summed E-state index contributed by atoms with van der Waals surface area (Å²) in [6, 6.07) is 0.306. The van der Waals surface area contributed by atoms with Gasteiger partial charge in [0, 0.05) is 18.2 Å². The third-order valence-electron chi connectivity index (χ3n) is 1.87. The topological polar surface area (TPSA) is 35.8 Å². The molecule has 1 fully saturated rings. The molecule has 68 valence electrons. The zero-order chi connectivity index (χ0) is 8.81. The van der Waals surface area contributed by atoms with Crippen LogP contribution in [0.3, 0.4) is 0 Å². The summed E-state index contributed by atoms with van der Waals surface area (Å²) in [5.41, 5.74) is 0. The van der Waals surface area contributed by atoms with Crippen molar-refractivity contribution in [3.8, 4) is 0 Å². The Morgan fingerprint density at radius 1 is 1.75 bits per heavy atom. The molecule has 0 aromatic rings. The minimum absolute atomic E-state index is 0.306. The number of oxime groups is 1. The second-order valence-electron chi connectivity index (χ2n) is 2.72. The quantitative estimate of drug-likeness (QED) is 0.312. The lowest BCUT2D eigenvalue weighted by molar-refractivity contribution is 0.298. The number of hydrogen-bond acceptors (Lipinski definition) is 4. The minimum Gasteiger partial charge on any atom is -0.411 e. The first-order chi connectivity index (χ1) is 5.88. The van der Waals surface area contributed by atoms with Crippen LogP contribution in [0.15, 0.2) is 17.8 Å². The molecule has 12 heavy (non-hydrogen) atoms. The fourth-order valence-corrected chi connectivity index (χ4v) is 2.39. The van der Waals surface area contributed by atoms with Crippen molar-refractivity contribution in [2.45, 2.75) is 12.5 Å². The number of rotatable bonds is 4. The minimum atomic E-state index is 0.306. The van der Waals surface area contributed by atoms with Crippen LogP contribution in [-0.4, -0.2) is 40.5 Å². The largest absolute Gasteiger partial charge is 0.411 e. The van der Waals surface area contributed by atoms with Crippen LogP contribution in [0.4, 0.5) is 0 Å². The van der Waals surface area contributed by atoms with Gasteiger partial charge in [0.25, 0.3) is 0 Å². The Morgan fingerprint density at radius 3 is 3.25 bits per heavy atom. The molecule has 0 radical (unpaired) electrons. The second-order valence-corrected chi connectivity index (χ2v) is 3.72. The van der Waals surface area contributed by atoms with E-state index >= 15 is 0 Å². The van der Waals surface area contributed by atoms with E-state index in [0.29, 0.717) is 6.04 Å². The summed E-state index contributed by atoms with van der Waals surface area (Å²) in [5.74, 6) is 2.06. The van der Waals surface area contributed by atoms with E-state index in [-0.39, 0.29) is 0 Å². The maximum absolute atomic E-state index is 8.38. The molecule has 0 unspecified atom stereocenters. The van der Waals surface area contributed by atoms with E-state index in [1.54, 1.807) is 6.21 Å². The van der Waals surface area contributed by atoms with Crippen molar-refractivity contribution in [1.82, 2.24) is 4.90 Å². The molecule has 0 aromatic carbocycles. The van der Waals surface area contributed by atoms with Crippen LogP contribution >= 0.6 is 11.8 Å². The van der Waals surface area contributed by atoms with Crippen LogP contribution in [0, 0.1) is 0 Å². The van der Waals surface area contributed by atoms with Gasteiger partial charge in [-0.3, -0.25) is 4.90 Å². The van der Waals surface area contributed by atoms with Crippen molar-refractivity contribution < 1.29 is 5.21 Å². The summed E-state index contributed by atoms with van der Waals surface area (Å²) in [4.78, 5) is 2.28. The molecule has 1 N–H and O–H groups in total. The Morgan fingerprint density at radius 2 is 2.58 bits per heavy atom. The van der Waals surface area contributed by atoms with Crippen molar-refractivity contribution in [2.24, 2.45) is 5.16 Å². The Balaban J connectivity index is 2.35. The highest BCUT2D eigenvalue weighted by Crippen LogP contribution is 2.19. The predicted molar refractivity (Wildman–Crippen MR) is 52.9 cm³/mol. The third kappa shape index (κ3) is 2.53. The van der Waals surface area contributed by atoms with Gasteiger partial charge in [0.2, 0.25) is 0 Å². The number of hydrogen-bond donors (Lipinski definition) is 1. The fraction of sp³-hybridized carbons (Fsp3) is 0.625. The molecule has 1 aliphatic heterocycles. The van der Waals surface area contributed by atoms with Crippen LogP contribution in [0.25, 0.3) is 0 Å². The van der Waals surface area contributed by atoms with E-state index in [2.05, 4.69) is 16.6 Å². The highest BCUT2D eigenvalue weighted by Gasteiger charge is 2.22. The van der Waals surface area contributed by atoms with Gasteiger partial charge in [-0.1, -0.05) is 6.08 Å². The zero-order valence-corrected chi connectivity index (χ0v) is 7.83. The molecule has 0 amide bonds. The summed E-state index contributed by atoms with van der Waals surface area (Å²) in [6.07, 6.45) is 4.51. The van der Waals surface area contributed by atoms with Crippen molar-refractivity contribution in [2.75, 3.05) is 18.2 Å². The monoisotopic (exact) mass is 186 g/mol. The Kier molecular flexibility index (Phi) is 4.18. The maximum atomic E-state index is 8.38. The summed E-state index contributed by atoms with van der Waals surface area (Å²) in [7, 11) is 0. The summed E-state index contributed by atoms with van der Waals surface area (Å²) < 4.78 is 0. The van der Waals surface area contributed by atoms with Crippen LogP contribution in [0.2, 0.25) is 0 Å². The normalized spacial score (nSPS) is 25.2. The number of thioether (sulfide) groups is 1. The van der Waals surface area contributed by atoms with E-state index < -0.39 is 0 Å². The van der Waals surface area contributed by atoms with E-state index in [1.165, 1.54) is 0 Å². The van der Waals surface area contributed by atoms with E-state index in [1.807, 2.05) is 17.8 Å². The van der Waals surface area contributed by atoms with Gasteiger partial charge >= 0.3 is 0 Å². The molecule has 0 spiro atoms. The molecule has 0 aliphatic carbocycles. The van der Waals surface area contributed by atoms with Gasteiger partial charge in [-0.2, -0.15) is 0 Å². The van der Waals surface area contributed by atoms with Crippen LogP contribution in [0.5, 0.6) is 0 Å². The molecule has 3 nitrogen and oxygen atoms in total. The fourth-order valence-electron chi connectivity index (χ4n) is 1.19. The second kappa shape index (κ2) is 5.22. The first kappa shape index (κ1) is 9.61. The summed E-state index contributed by atoms with van der Waals surface area (Å²) in [6.45, 7) is 4.68. The van der Waals surface area contributed by atoms with Gasteiger partial charge in [-0.25, -0.2) is 0 Å². The lowest BCUT2D eigenvalue weighted by Gasteiger charge is -2.18.